The van der Waals surface area contributed by atoms with Gasteiger partial charge >= 0.3 is 6.55 Å². The number of benzene rings is 2. The summed E-state index contributed by atoms with van der Waals surface area (Å²) in [6, 6.07) is 15.3. The Morgan fingerprint density at radius 3 is 2.65 bits per heavy atom. The van der Waals surface area contributed by atoms with Crippen molar-refractivity contribution in [2.24, 2.45) is 0 Å². The standard InChI is InChI=1S/C20H21F2N3O/c1-26-15-10-8-14(9-11-15)17-7-4-12-24(17)13-19-23-16-5-2-3-6-18(16)25(19)20(21)22/h2-3,5-6,8-11,17,20H,4,7,12-13H2,1H3. The molecule has 1 saturated heterocycles. The summed E-state index contributed by atoms with van der Waals surface area (Å²) in [7, 11) is 1.64. The number of ether oxygens (including phenoxy) is 1. The van der Waals surface area contributed by atoms with Crippen LogP contribution < -0.4 is 4.74 Å². The predicted molar refractivity (Wildman–Crippen MR) is 96.4 cm³/mol. The normalized spacial score (nSPS) is 18.1. The first-order valence-electron chi connectivity index (χ1n) is 8.79. The maximum absolute atomic E-state index is 13.7. The molecule has 1 fully saturated rings. The second kappa shape index (κ2) is 7.03. The van der Waals surface area contributed by atoms with Gasteiger partial charge in [0.2, 0.25) is 0 Å². The Kier molecular flexibility index (Phi) is 4.59. The van der Waals surface area contributed by atoms with Gasteiger partial charge in [-0.15, -0.1) is 0 Å². The Labute approximate surface area is 151 Å². The Morgan fingerprint density at radius 2 is 1.92 bits per heavy atom. The fourth-order valence-electron chi connectivity index (χ4n) is 3.82. The van der Waals surface area contributed by atoms with Crippen LogP contribution in [0.4, 0.5) is 8.78 Å². The Bertz CT molecular complexity index is 892. The van der Waals surface area contributed by atoms with E-state index in [0.717, 1.165) is 29.7 Å². The molecule has 1 aliphatic heterocycles. The quantitative estimate of drug-likeness (QED) is 0.658. The molecule has 0 N–H and O–H groups in total. The van der Waals surface area contributed by atoms with Crippen LogP contribution >= 0.6 is 0 Å². The van der Waals surface area contributed by atoms with Crippen LogP contribution in [0.3, 0.4) is 0 Å². The van der Waals surface area contributed by atoms with Crippen molar-refractivity contribution >= 4 is 11.0 Å². The summed E-state index contributed by atoms with van der Waals surface area (Å²) >= 11 is 0. The smallest absolute Gasteiger partial charge is 0.320 e. The van der Waals surface area contributed by atoms with Gasteiger partial charge in [-0.1, -0.05) is 24.3 Å². The summed E-state index contributed by atoms with van der Waals surface area (Å²) in [4.78, 5) is 6.71. The largest absolute Gasteiger partial charge is 0.497 e. The third-order valence-corrected chi connectivity index (χ3v) is 5.07. The minimum absolute atomic E-state index is 0.215. The molecule has 0 saturated carbocycles. The molecule has 0 radical (unpaired) electrons. The van der Waals surface area contributed by atoms with Crippen LogP contribution in [0.2, 0.25) is 0 Å². The first-order valence-corrected chi connectivity index (χ1v) is 8.79. The van der Waals surface area contributed by atoms with Crippen LogP contribution in [0.15, 0.2) is 48.5 Å². The molecule has 136 valence electrons. The van der Waals surface area contributed by atoms with Crippen LogP contribution in [0.25, 0.3) is 11.0 Å². The molecule has 4 nitrogen and oxygen atoms in total. The van der Waals surface area contributed by atoms with Crippen molar-refractivity contribution in [1.82, 2.24) is 14.5 Å². The van der Waals surface area contributed by atoms with Gasteiger partial charge in [-0.2, -0.15) is 8.78 Å². The molecule has 4 rings (SSSR count). The highest BCUT2D eigenvalue weighted by molar-refractivity contribution is 5.75. The van der Waals surface area contributed by atoms with E-state index in [0.29, 0.717) is 23.4 Å². The van der Waals surface area contributed by atoms with E-state index >= 15 is 0 Å². The summed E-state index contributed by atoms with van der Waals surface area (Å²) in [5, 5.41) is 0. The summed E-state index contributed by atoms with van der Waals surface area (Å²) in [5.41, 5.74) is 2.28. The first kappa shape index (κ1) is 17.0. The molecule has 1 atom stereocenters. The minimum atomic E-state index is -2.60. The van der Waals surface area contributed by atoms with Gasteiger partial charge in [-0.25, -0.2) is 4.98 Å². The summed E-state index contributed by atoms with van der Waals surface area (Å²) in [6.07, 6.45) is 2.06. The SMILES string of the molecule is COc1ccc(C2CCCN2Cc2nc3ccccc3n2C(F)F)cc1. The average molecular weight is 357 g/mol. The van der Waals surface area contributed by atoms with Gasteiger partial charge in [0, 0.05) is 6.04 Å². The van der Waals surface area contributed by atoms with Gasteiger partial charge in [0.15, 0.2) is 0 Å². The van der Waals surface area contributed by atoms with Gasteiger partial charge in [0.25, 0.3) is 0 Å². The fraction of sp³-hybridized carbons (Fsp3) is 0.350. The molecular weight excluding hydrogens is 336 g/mol. The number of imidazole rings is 1. The molecule has 3 aromatic rings. The second-order valence-corrected chi connectivity index (χ2v) is 6.57. The zero-order valence-corrected chi connectivity index (χ0v) is 14.6. The summed E-state index contributed by atoms with van der Waals surface area (Å²) in [6.45, 7) is -1.31. The highest BCUT2D eigenvalue weighted by Crippen LogP contribution is 2.35. The number of hydrogen-bond donors (Lipinski definition) is 0. The monoisotopic (exact) mass is 357 g/mol. The van der Waals surface area contributed by atoms with Crippen LogP contribution in [0.5, 0.6) is 5.75 Å². The molecule has 2 aromatic carbocycles. The van der Waals surface area contributed by atoms with Gasteiger partial charge < -0.3 is 4.74 Å². The van der Waals surface area contributed by atoms with Crippen LogP contribution in [-0.2, 0) is 6.54 Å². The summed E-state index contributed by atoms with van der Waals surface area (Å²) in [5.74, 6) is 1.24. The van der Waals surface area contributed by atoms with Crippen molar-refractivity contribution < 1.29 is 13.5 Å². The molecule has 0 amide bonds. The molecular formula is C20H21F2N3O. The van der Waals surface area contributed by atoms with E-state index in [1.165, 1.54) is 5.56 Å². The zero-order valence-electron chi connectivity index (χ0n) is 14.6. The third-order valence-electron chi connectivity index (χ3n) is 5.07. The van der Waals surface area contributed by atoms with Crippen molar-refractivity contribution in [1.29, 1.82) is 0 Å². The lowest BCUT2D eigenvalue weighted by Crippen LogP contribution is -2.25. The van der Waals surface area contributed by atoms with Crippen molar-refractivity contribution in [2.45, 2.75) is 32.0 Å². The number of fused-ring (bicyclic) bond motifs is 1. The second-order valence-electron chi connectivity index (χ2n) is 6.57. The molecule has 2 heterocycles. The maximum Gasteiger partial charge on any atom is 0.320 e. The Hall–Kier alpha value is -2.47. The lowest BCUT2D eigenvalue weighted by molar-refractivity contribution is 0.0678. The van der Waals surface area contributed by atoms with E-state index in [4.69, 9.17) is 4.74 Å². The number of aromatic nitrogens is 2. The van der Waals surface area contributed by atoms with Crippen molar-refractivity contribution in [2.75, 3.05) is 13.7 Å². The number of likely N-dealkylation sites (tertiary alicyclic amines) is 1. The predicted octanol–water partition coefficient (Wildman–Crippen LogP) is 4.78. The van der Waals surface area contributed by atoms with E-state index in [1.807, 2.05) is 18.2 Å². The highest BCUT2D eigenvalue weighted by atomic mass is 19.3. The van der Waals surface area contributed by atoms with Crippen molar-refractivity contribution in [3.05, 3.63) is 59.9 Å². The molecule has 0 bridgehead atoms. The number of halogens is 2. The molecule has 6 heteroatoms. The average Bonchev–Trinajstić information content (AvgIpc) is 3.26. The van der Waals surface area contributed by atoms with Crippen molar-refractivity contribution in [3.63, 3.8) is 0 Å². The Balaban J connectivity index is 1.63. The molecule has 1 aliphatic rings. The Morgan fingerprint density at radius 1 is 1.15 bits per heavy atom. The van der Waals surface area contributed by atoms with Gasteiger partial charge in [-0.3, -0.25) is 9.47 Å². The van der Waals surface area contributed by atoms with Crippen molar-refractivity contribution in [3.8, 4) is 5.75 Å². The fourth-order valence-corrected chi connectivity index (χ4v) is 3.82. The maximum atomic E-state index is 13.7. The zero-order chi connectivity index (χ0) is 18.1. The van der Waals surface area contributed by atoms with Gasteiger partial charge in [0.1, 0.15) is 11.6 Å². The van der Waals surface area contributed by atoms with E-state index < -0.39 is 6.55 Å². The van der Waals surface area contributed by atoms with E-state index in [2.05, 4.69) is 22.0 Å². The number of methoxy groups -OCH3 is 1. The van der Waals surface area contributed by atoms with Crippen LogP contribution in [0, 0.1) is 0 Å². The third kappa shape index (κ3) is 3.05. The van der Waals surface area contributed by atoms with E-state index in [-0.39, 0.29) is 6.04 Å². The topological polar surface area (TPSA) is 30.3 Å². The first-order chi connectivity index (χ1) is 12.7. The number of rotatable bonds is 5. The molecule has 1 aromatic heterocycles. The molecule has 0 spiro atoms. The summed E-state index contributed by atoms with van der Waals surface area (Å²) < 4.78 is 33.6. The van der Waals surface area contributed by atoms with Gasteiger partial charge in [-0.05, 0) is 49.2 Å². The molecule has 1 unspecified atom stereocenters. The minimum Gasteiger partial charge on any atom is -0.497 e. The van der Waals surface area contributed by atoms with Crippen LogP contribution in [0.1, 0.15) is 36.8 Å². The lowest BCUT2D eigenvalue weighted by atomic mass is 10.0. The number of nitrogens with zero attached hydrogens (tertiary/aromatic N) is 3. The van der Waals surface area contributed by atoms with E-state index in [1.54, 1.807) is 25.3 Å². The highest BCUT2D eigenvalue weighted by Gasteiger charge is 2.28. The number of alkyl halides is 2. The lowest BCUT2D eigenvalue weighted by Gasteiger charge is -2.25. The van der Waals surface area contributed by atoms with Gasteiger partial charge in [0.05, 0.1) is 24.7 Å². The van der Waals surface area contributed by atoms with Crippen LogP contribution in [-0.4, -0.2) is 28.1 Å². The number of para-hydroxylation sites is 2. The molecule has 26 heavy (non-hydrogen) atoms. The van der Waals surface area contributed by atoms with E-state index in [9.17, 15) is 8.78 Å². The number of hydrogen-bond acceptors (Lipinski definition) is 3. The molecule has 0 aliphatic carbocycles.